The summed E-state index contributed by atoms with van der Waals surface area (Å²) in [5.41, 5.74) is 7.47. The third-order valence-corrected chi connectivity index (χ3v) is 8.71. The third-order valence-electron chi connectivity index (χ3n) is 7.88. The van der Waals surface area contributed by atoms with E-state index < -0.39 is 5.97 Å². The highest BCUT2D eigenvalue weighted by Crippen LogP contribution is 2.28. The SMILES string of the molecule is CCC(CC)c1ccc(N(Cc2ccc(-c3csc(CN(CC(=O)O)CC(=O)Nc4ccc(C)cc4)n3)cc2)C(C)C)cc1. The van der Waals surface area contributed by atoms with Crippen molar-refractivity contribution in [3.63, 3.8) is 0 Å². The lowest BCUT2D eigenvalue weighted by Gasteiger charge is -2.30. The van der Waals surface area contributed by atoms with Gasteiger partial charge in [0.25, 0.3) is 0 Å². The molecule has 0 spiro atoms. The van der Waals surface area contributed by atoms with Crippen molar-refractivity contribution >= 4 is 34.6 Å². The van der Waals surface area contributed by atoms with Gasteiger partial charge in [0.2, 0.25) is 5.91 Å². The lowest BCUT2D eigenvalue weighted by Crippen LogP contribution is -2.36. The summed E-state index contributed by atoms with van der Waals surface area (Å²) in [6.45, 7) is 11.7. The van der Waals surface area contributed by atoms with Crippen LogP contribution in [0.4, 0.5) is 11.4 Å². The Kier molecular flexibility index (Phi) is 11.7. The zero-order chi connectivity index (χ0) is 31.6. The molecule has 1 amide bonds. The first-order valence-corrected chi connectivity index (χ1v) is 16.2. The van der Waals surface area contributed by atoms with Gasteiger partial charge in [-0.05, 0) is 74.9 Å². The number of carbonyl (C=O) groups is 2. The zero-order valence-electron chi connectivity index (χ0n) is 26.4. The molecular weight excluding hydrogens is 568 g/mol. The van der Waals surface area contributed by atoms with Crippen molar-refractivity contribution in [3.05, 3.63) is 99.9 Å². The predicted molar refractivity (Wildman–Crippen MR) is 181 cm³/mol. The first-order valence-electron chi connectivity index (χ1n) is 15.4. The molecule has 0 fully saturated rings. The number of carboxylic acids is 1. The number of thiazole rings is 1. The molecule has 44 heavy (non-hydrogen) atoms. The van der Waals surface area contributed by atoms with Crippen LogP contribution >= 0.6 is 11.3 Å². The molecule has 0 aliphatic rings. The van der Waals surface area contributed by atoms with E-state index >= 15 is 0 Å². The van der Waals surface area contributed by atoms with Gasteiger partial charge < -0.3 is 15.3 Å². The van der Waals surface area contributed by atoms with Gasteiger partial charge in [0.1, 0.15) is 5.01 Å². The van der Waals surface area contributed by atoms with Crippen LogP contribution in [0.15, 0.2) is 78.2 Å². The van der Waals surface area contributed by atoms with Crippen molar-refractivity contribution in [2.45, 2.75) is 72.5 Å². The van der Waals surface area contributed by atoms with Crippen LogP contribution in [0.2, 0.25) is 0 Å². The molecule has 232 valence electrons. The number of aliphatic carboxylic acids is 1. The number of anilines is 2. The van der Waals surface area contributed by atoms with Crippen LogP contribution in [-0.2, 0) is 22.7 Å². The molecule has 7 nitrogen and oxygen atoms in total. The summed E-state index contributed by atoms with van der Waals surface area (Å²) in [7, 11) is 0. The number of amides is 1. The van der Waals surface area contributed by atoms with E-state index in [2.05, 4.69) is 86.4 Å². The summed E-state index contributed by atoms with van der Waals surface area (Å²) >= 11 is 1.47. The molecule has 8 heteroatoms. The largest absolute Gasteiger partial charge is 0.480 e. The molecule has 0 atom stereocenters. The van der Waals surface area contributed by atoms with Crippen molar-refractivity contribution in [2.24, 2.45) is 0 Å². The van der Waals surface area contributed by atoms with Crippen LogP contribution in [0.25, 0.3) is 11.3 Å². The highest BCUT2D eigenvalue weighted by atomic mass is 32.1. The smallest absolute Gasteiger partial charge is 0.317 e. The number of rotatable bonds is 15. The Morgan fingerprint density at radius 3 is 2.14 bits per heavy atom. The minimum Gasteiger partial charge on any atom is -0.480 e. The van der Waals surface area contributed by atoms with Gasteiger partial charge in [-0.25, -0.2) is 4.98 Å². The van der Waals surface area contributed by atoms with Crippen LogP contribution in [0.3, 0.4) is 0 Å². The number of carboxylic acid groups (broad SMARTS) is 1. The molecule has 0 bridgehead atoms. The van der Waals surface area contributed by atoms with E-state index in [0.29, 0.717) is 17.6 Å². The maximum Gasteiger partial charge on any atom is 0.317 e. The van der Waals surface area contributed by atoms with E-state index in [1.165, 1.54) is 28.2 Å². The number of benzene rings is 3. The Morgan fingerprint density at radius 2 is 1.55 bits per heavy atom. The Morgan fingerprint density at radius 1 is 0.886 bits per heavy atom. The monoisotopic (exact) mass is 612 g/mol. The van der Waals surface area contributed by atoms with E-state index in [4.69, 9.17) is 4.98 Å². The van der Waals surface area contributed by atoms with E-state index in [-0.39, 0.29) is 25.5 Å². The normalized spacial score (nSPS) is 11.4. The van der Waals surface area contributed by atoms with E-state index in [9.17, 15) is 14.7 Å². The molecule has 0 unspecified atom stereocenters. The molecule has 4 aromatic rings. The number of carbonyl (C=O) groups excluding carboxylic acids is 1. The Hall–Kier alpha value is -4.01. The van der Waals surface area contributed by atoms with E-state index in [0.717, 1.165) is 41.2 Å². The average Bonchev–Trinajstić information content (AvgIpc) is 3.46. The first-order chi connectivity index (χ1) is 21.1. The number of hydrogen-bond acceptors (Lipinski definition) is 6. The van der Waals surface area contributed by atoms with Crippen molar-refractivity contribution < 1.29 is 14.7 Å². The Bertz CT molecular complexity index is 1490. The summed E-state index contributed by atoms with van der Waals surface area (Å²) in [6, 6.07) is 25.4. The van der Waals surface area contributed by atoms with E-state index in [1.807, 2.05) is 36.6 Å². The topological polar surface area (TPSA) is 85.8 Å². The Labute approximate surface area is 265 Å². The molecule has 0 aliphatic heterocycles. The van der Waals surface area contributed by atoms with Crippen LogP contribution < -0.4 is 10.2 Å². The van der Waals surface area contributed by atoms with Gasteiger partial charge in [0.05, 0.1) is 25.3 Å². The second-order valence-corrected chi connectivity index (χ2v) is 12.5. The van der Waals surface area contributed by atoms with Gasteiger partial charge >= 0.3 is 5.97 Å². The fourth-order valence-electron chi connectivity index (χ4n) is 5.35. The molecule has 0 saturated carbocycles. The highest BCUT2D eigenvalue weighted by Gasteiger charge is 2.18. The fraction of sp³-hybridized carbons (Fsp3) is 0.361. The fourth-order valence-corrected chi connectivity index (χ4v) is 6.20. The van der Waals surface area contributed by atoms with Gasteiger partial charge in [-0.2, -0.15) is 0 Å². The Balaban J connectivity index is 1.39. The standard InChI is InChI=1S/C36H44N4O3S/c1-6-28(7-2)29-14-18-32(19-15-29)40(25(3)4)20-27-10-12-30(13-11-27)33-24-44-35(38-33)22-39(23-36(42)43)21-34(41)37-31-16-8-26(5)9-17-31/h8-19,24-25,28H,6-7,20-23H2,1-5H3,(H,37,41)(H,42,43). The minimum atomic E-state index is -0.988. The summed E-state index contributed by atoms with van der Waals surface area (Å²) < 4.78 is 0. The lowest BCUT2D eigenvalue weighted by molar-refractivity contribution is -0.138. The number of nitrogens with one attached hydrogen (secondary N) is 1. The van der Waals surface area contributed by atoms with Gasteiger partial charge in [-0.15, -0.1) is 11.3 Å². The molecule has 4 rings (SSSR count). The highest BCUT2D eigenvalue weighted by molar-refractivity contribution is 7.09. The summed E-state index contributed by atoms with van der Waals surface area (Å²) in [5, 5.41) is 15.0. The number of hydrogen-bond donors (Lipinski definition) is 2. The molecule has 2 N–H and O–H groups in total. The van der Waals surface area contributed by atoms with E-state index in [1.54, 1.807) is 4.90 Å². The lowest BCUT2D eigenvalue weighted by atomic mass is 9.94. The van der Waals surface area contributed by atoms with Gasteiger partial charge in [-0.3, -0.25) is 14.5 Å². The number of nitrogens with zero attached hydrogens (tertiary/aromatic N) is 3. The van der Waals surface area contributed by atoms with Crippen LogP contribution in [0, 0.1) is 6.92 Å². The van der Waals surface area contributed by atoms with Gasteiger partial charge in [0, 0.05) is 34.9 Å². The quantitative estimate of drug-likeness (QED) is 0.142. The summed E-state index contributed by atoms with van der Waals surface area (Å²) in [4.78, 5) is 32.9. The zero-order valence-corrected chi connectivity index (χ0v) is 27.2. The maximum absolute atomic E-state index is 12.6. The number of aryl methyl sites for hydroxylation is 1. The van der Waals surface area contributed by atoms with Gasteiger partial charge in [-0.1, -0.05) is 67.9 Å². The van der Waals surface area contributed by atoms with Crippen LogP contribution in [0.1, 0.15) is 68.2 Å². The van der Waals surface area contributed by atoms with Crippen molar-refractivity contribution in [1.82, 2.24) is 9.88 Å². The second-order valence-electron chi connectivity index (χ2n) is 11.6. The molecule has 0 aliphatic carbocycles. The predicted octanol–water partition coefficient (Wildman–Crippen LogP) is 7.96. The molecule has 0 radical (unpaired) electrons. The average molecular weight is 613 g/mol. The number of aromatic nitrogens is 1. The summed E-state index contributed by atoms with van der Waals surface area (Å²) in [6.07, 6.45) is 2.31. The van der Waals surface area contributed by atoms with Gasteiger partial charge in [0.15, 0.2) is 0 Å². The van der Waals surface area contributed by atoms with Crippen LogP contribution in [0.5, 0.6) is 0 Å². The maximum atomic E-state index is 12.6. The van der Waals surface area contributed by atoms with Crippen LogP contribution in [-0.4, -0.2) is 46.0 Å². The second kappa shape index (κ2) is 15.6. The molecule has 3 aromatic carbocycles. The summed E-state index contributed by atoms with van der Waals surface area (Å²) in [5.74, 6) is -0.642. The molecule has 1 heterocycles. The molecule has 1 aromatic heterocycles. The van der Waals surface area contributed by atoms with Crippen molar-refractivity contribution in [3.8, 4) is 11.3 Å². The van der Waals surface area contributed by atoms with Crippen molar-refractivity contribution in [1.29, 1.82) is 0 Å². The third kappa shape index (κ3) is 9.24. The molecular formula is C36H44N4O3S. The molecule has 0 saturated heterocycles. The first kappa shape index (κ1) is 32.9. The van der Waals surface area contributed by atoms with Crippen molar-refractivity contribution in [2.75, 3.05) is 23.3 Å². The minimum absolute atomic E-state index is 0.0450.